The molecule has 0 saturated heterocycles. The Labute approximate surface area is 588 Å². The Bertz CT molecular complexity index is 1840. The van der Waals surface area contributed by atoms with Gasteiger partial charge in [-0.15, -0.1) is 0 Å². The van der Waals surface area contributed by atoms with Crippen LogP contribution in [0.15, 0.2) is 0 Å². The van der Waals surface area contributed by atoms with E-state index in [1.807, 2.05) is 0 Å². The second kappa shape index (κ2) is 70.1. The van der Waals surface area contributed by atoms with E-state index >= 15 is 0 Å². The summed E-state index contributed by atoms with van der Waals surface area (Å²) in [5, 5.41) is 10.6. The summed E-state index contributed by atoms with van der Waals surface area (Å²) >= 11 is 0. The average Bonchev–Trinajstić information content (AvgIpc) is 1.70. The van der Waals surface area contributed by atoms with Gasteiger partial charge in [-0.3, -0.25) is 37.3 Å². The van der Waals surface area contributed by atoms with Gasteiger partial charge in [-0.05, 0) is 31.6 Å². The number of hydrogen-bond donors (Lipinski definition) is 3. The molecule has 0 amide bonds. The van der Waals surface area contributed by atoms with Gasteiger partial charge < -0.3 is 33.8 Å². The van der Waals surface area contributed by atoms with Gasteiger partial charge in [0.1, 0.15) is 19.3 Å². The molecule has 2 unspecified atom stereocenters. The summed E-state index contributed by atoms with van der Waals surface area (Å²) in [6, 6.07) is 0. The van der Waals surface area contributed by atoms with E-state index in [0.717, 1.165) is 102 Å². The van der Waals surface area contributed by atoms with Gasteiger partial charge in [0.2, 0.25) is 0 Å². The van der Waals surface area contributed by atoms with E-state index in [2.05, 4.69) is 34.6 Å². The van der Waals surface area contributed by atoms with E-state index in [1.54, 1.807) is 0 Å². The number of hydrogen-bond acceptors (Lipinski definition) is 15. The van der Waals surface area contributed by atoms with Crippen LogP contribution in [0.2, 0.25) is 0 Å². The van der Waals surface area contributed by atoms with Crippen LogP contribution in [-0.2, 0) is 65.4 Å². The molecule has 0 heterocycles. The third-order valence-electron chi connectivity index (χ3n) is 18.0. The molecular formula is C77H150O17P2. The topological polar surface area (TPSA) is 237 Å². The third-order valence-corrected chi connectivity index (χ3v) is 19.9. The van der Waals surface area contributed by atoms with Gasteiger partial charge in [0.25, 0.3) is 0 Å². The highest BCUT2D eigenvalue weighted by atomic mass is 31.2. The summed E-state index contributed by atoms with van der Waals surface area (Å²) in [5.74, 6) is -1.31. The Hall–Kier alpha value is -1.94. The van der Waals surface area contributed by atoms with Crippen molar-refractivity contribution < 1.29 is 80.2 Å². The largest absolute Gasteiger partial charge is 0.472 e. The maximum Gasteiger partial charge on any atom is 0.472 e. The fraction of sp³-hybridized carbons (Fsp3) is 0.948. The van der Waals surface area contributed by atoms with Crippen LogP contribution in [0.1, 0.15) is 407 Å². The van der Waals surface area contributed by atoms with Crippen molar-refractivity contribution in [2.75, 3.05) is 39.6 Å². The van der Waals surface area contributed by atoms with Crippen molar-refractivity contribution in [1.29, 1.82) is 0 Å². The van der Waals surface area contributed by atoms with Crippen LogP contribution in [0, 0.1) is 5.92 Å². The van der Waals surface area contributed by atoms with Crippen molar-refractivity contribution in [3.63, 3.8) is 0 Å². The number of carbonyl (C=O) groups is 4. The van der Waals surface area contributed by atoms with Gasteiger partial charge in [0, 0.05) is 25.7 Å². The minimum Gasteiger partial charge on any atom is -0.462 e. The Morgan fingerprint density at radius 2 is 0.479 bits per heavy atom. The molecule has 0 aromatic heterocycles. The van der Waals surface area contributed by atoms with Gasteiger partial charge in [-0.1, -0.05) is 356 Å². The first-order chi connectivity index (χ1) is 46.5. The summed E-state index contributed by atoms with van der Waals surface area (Å²) in [5.41, 5.74) is 0. The number of aliphatic hydroxyl groups excluding tert-OH is 1. The standard InChI is InChI=1S/C77H150O17P2/c1-6-9-12-15-18-21-23-25-26-27-28-29-30-35-39-43-48-53-58-63-77(82)94-73(67-88-75(80)61-56-51-46-41-38-34-32-31-33-36-40-44-49-54-59-70(4)5)69-92-96(85,86)90-65-71(78)64-89-95(83,84)91-68-72(66-87-74(79)60-55-50-45-20-17-14-11-8-3)93-76(81)62-57-52-47-42-37-24-22-19-16-13-10-7-2/h70-73,78H,6-69H2,1-5H3,(H,83,84)(H,85,86)/t71-,72+,73+/m0/s1. The zero-order valence-electron chi connectivity index (χ0n) is 62.5. The van der Waals surface area contributed by atoms with Crippen LogP contribution in [0.3, 0.4) is 0 Å². The molecule has 570 valence electrons. The van der Waals surface area contributed by atoms with Gasteiger partial charge >= 0.3 is 39.5 Å². The van der Waals surface area contributed by atoms with Crippen molar-refractivity contribution in [2.24, 2.45) is 5.92 Å². The maximum absolute atomic E-state index is 13.1. The zero-order chi connectivity index (χ0) is 70.5. The highest BCUT2D eigenvalue weighted by Gasteiger charge is 2.30. The molecule has 96 heavy (non-hydrogen) atoms. The molecule has 0 aliphatic rings. The van der Waals surface area contributed by atoms with Gasteiger partial charge in [-0.25, -0.2) is 9.13 Å². The van der Waals surface area contributed by atoms with E-state index in [1.165, 1.54) is 225 Å². The number of phosphoric ester groups is 2. The van der Waals surface area contributed by atoms with Crippen LogP contribution in [-0.4, -0.2) is 96.7 Å². The Kier molecular flexibility index (Phi) is 68.7. The predicted octanol–water partition coefficient (Wildman–Crippen LogP) is 22.9. The van der Waals surface area contributed by atoms with Crippen LogP contribution in [0.25, 0.3) is 0 Å². The Morgan fingerprint density at radius 3 is 0.708 bits per heavy atom. The minimum absolute atomic E-state index is 0.107. The molecule has 0 radical (unpaired) electrons. The summed E-state index contributed by atoms with van der Waals surface area (Å²) in [6.07, 6.45) is 59.7. The summed E-state index contributed by atoms with van der Waals surface area (Å²) in [4.78, 5) is 72.7. The fourth-order valence-electron chi connectivity index (χ4n) is 11.9. The van der Waals surface area contributed by atoms with E-state index in [9.17, 15) is 43.2 Å². The Morgan fingerprint density at radius 1 is 0.281 bits per heavy atom. The molecule has 0 aliphatic carbocycles. The number of carbonyl (C=O) groups excluding carboxylic acids is 4. The molecule has 0 bridgehead atoms. The van der Waals surface area contributed by atoms with Crippen molar-refractivity contribution in [3.05, 3.63) is 0 Å². The van der Waals surface area contributed by atoms with E-state index in [-0.39, 0.29) is 25.7 Å². The molecule has 0 aromatic carbocycles. The molecule has 5 atom stereocenters. The average molecular weight is 1410 g/mol. The number of unbranched alkanes of at least 4 members (excludes halogenated alkanes) is 49. The predicted molar refractivity (Wildman–Crippen MR) is 391 cm³/mol. The quantitative estimate of drug-likeness (QED) is 0.0222. The lowest BCUT2D eigenvalue weighted by molar-refractivity contribution is -0.161. The first-order valence-corrected chi connectivity index (χ1v) is 43.1. The highest BCUT2D eigenvalue weighted by molar-refractivity contribution is 7.47. The van der Waals surface area contributed by atoms with Crippen molar-refractivity contribution in [1.82, 2.24) is 0 Å². The normalized spacial score (nSPS) is 13.9. The van der Waals surface area contributed by atoms with Crippen LogP contribution >= 0.6 is 15.6 Å². The molecule has 19 heteroatoms. The van der Waals surface area contributed by atoms with Gasteiger partial charge in [0.15, 0.2) is 12.2 Å². The lowest BCUT2D eigenvalue weighted by atomic mass is 10.0. The molecule has 3 N–H and O–H groups in total. The van der Waals surface area contributed by atoms with Crippen molar-refractivity contribution >= 4 is 39.5 Å². The van der Waals surface area contributed by atoms with Crippen LogP contribution < -0.4 is 0 Å². The van der Waals surface area contributed by atoms with E-state index < -0.39 is 97.5 Å². The second-order valence-electron chi connectivity index (χ2n) is 28.2. The molecule has 17 nitrogen and oxygen atoms in total. The number of ether oxygens (including phenoxy) is 4. The Balaban J connectivity index is 5.20. The number of esters is 4. The first kappa shape index (κ1) is 94.1. The SMILES string of the molecule is CCCCCCCCCCCCCCCCCCCCCC(=O)O[C@H](COC(=O)CCCCCCCCCCCCCCCCC(C)C)COP(=O)(O)OC[C@@H](O)COP(=O)(O)OC[C@@H](COC(=O)CCCCCCCCCC)OC(=O)CCCCCCCCCCCCCC. The summed E-state index contributed by atoms with van der Waals surface area (Å²) in [6.45, 7) is 7.30. The molecule has 0 aromatic rings. The second-order valence-corrected chi connectivity index (χ2v) is 31.1. The molecule has 0 aliphatic heterocycles. The van der Waals surface area contributed by atoms with Crippen LogP contribution in [0.4, 0.5) is 0 Å². The van der Waals surface area contributed by atoms with Crippen LogP contribution in [0.5, 0.6) is 0 Å². The molecule has 0 saturated carbocycles. The summed E-state index contributed by atoms with van der Waals surface area (Å²) in [7, 11) is -9.91. The minimum atomic E-state index is -4.96. The third kappa shape index (κ3) is 70.5. The zero-order valence-corrected chi connectivity index (χ0v) is 64.3. The molecule has 0 fully saturated rings. The van der Waals surface area contributed by atoms with Gasteiger partial charge in [0.05, 0.1) is 26.4 Å². The fourth-order valence-corrected chi connectivity index (χ4v) is 13.5. The maximum atomic E-state index is 13.1. The number of aliphatic hydroxyl groups is 1. The molecule has 0 rings (SSSR count). The molecular weight excluding hydrogens is 1260 g/mol. The van der Waals surface area contributed by atoms with Gasteiger partial charge in [-0.2, -0.15) is 0 Å². The molecule has 0 spiro atoms. The van der Waals surface area contributed by atoms with Crippen molar-refractivity contribution in [3.8, 4) is 0 Å². The summed E-state index contributed by atoms with van der Waals surface area (Å²) < 4.78 is 68.5. The van der Waals surface area contributed by atoms with E-state index in [4.69, 9.17) is 37.0 Å². The first-order valence-electron chi connectivity index (χ1n) is 40.1. The smallest absolute Gasteiger partial charge is 0.462 e. The van der Waals surface area contributed by atoms with Crippen molar-refractivity contribution in [2.45, 2.75) is 425 Å². The lowest BCUT2D eigenvalue weighted by Gasteiger charge is -2.21. The van der Waals surface area contributed by atoms with E-state index in [0.29, 0.717) is 25.7 Å². The number of phosphoric acid groups is 2. The monoisotopic (exact) mass is 1410 g/mol. The highest BCUT2D eigenvalue weighted by Crippen LogP contribution is 2.45. The number of rotatable bonds is 77. The lowest BCUT2D eigenvalue weighted by Crippen LogP contribution is -2.30.